The Morgan fingerprint density at radius 3 is 1.05 bits per heavy atom. The summed E-state index contributed by atoms with van der Waals surface area (Å²) < 4.78 is 67.3. The van der Waals surface area contributed by atoms with Crippen LogP contribution in [0.4, 0.5) is 11.4 Å². The van der Waals surface area contributed by atoms with Gasteiger partial charge < -0.3 is 9.47 Å². The molecule has 8 saturated carbocycles. The lowest BCUT2D eigenvalue weighted by Gasteiger charge is -2.53. The fraction of sp³-hybridized carbons (Fsp3) is 0.519. The van der Waals surface area contributed by atoms with Crippen LogP contribution in [0, 0.1) is 59.2 Å². The third-order valence-electron chi connectivity index (χ3n) is 16.1. The largest absolute Gasteiger partial charge is 0.497 e. The van der Waals surface area contributed by atoms with Gasteiger partial charge in [-0.25, -0.2) is 16.8 Å². The maximum Gasteiger partial charge on any atom is 0.264 e. The quantitative estimate of drug-likeness (QED) is 0.0965. The molecule has 4 aromatic rings. The lowest BCUT2D eigenvalue weighted by molar-refractivity contribution is -0.136. The highest BCUT2D eigenvalue weighted by Gasteiger charge is 2.51. The van der Waals surface area contributed by atoms with Crippen molar-refractivity contribution in [1.82, 2.24) is 0 Å². The minimum atomic E-state index is -3.75. The van der Waals surface area contributed by atoms with E-state index in [2.05, 4.69) is 0 Å². The molecule has 4 aromatic carbocycles. The second-order valence-electron chi connectivity index (χ2n) is 20.2. The Balaban J connectivity index is 0.000000166. The van der Waals surface area contributed by atoms with Gasteiger partial charge in [0, 0.05) is 37.8 Å². The number of rotatable bonds is 18. The summed E-state index contributed by atoms with van der Waals surface area (Å²) in [5, 5.41) is 0. The van der Waals surface area contributed by atoms with Crippen molar-refractivity contribution in [2.75, 3.05) is 35.9 Å². The van der Waals surface area contributed by atoms with Crippen LogP contribution in [0.2, 0.25) is 0 Å². The molecule has 0 spiro atoms. The molecule has 0 amide bonds. The SMILES string of the molecule is COc1ccc(S(=O)(=O)N(CCCC(=O)C2C3CC4CC(C3)CC2C4)c2ccccc2)cc1.COc1ccc(S(=O)(=O)N(CCCC(=O)C2C3CC4CC(C3)CC2C4)c2ccccc2)cc1. The number of anilines is 2. The number of ketones is 2. The van der Waals surface area contributed by atoms with E-state index < -0.39 is 20.0 Å². The van der Waals surface area contributed by atoms with E-state index in [4.69, 9.17) is 9.47 Å². The van der Waals surface area contributed by atoms with Gasteiger partial charge in [0.05, 0.1) is 35.4 Å². The Morgan fingerprint density at radius 1 is 0.455 bits per heavy atom. The molecule has 0 heterocycles. The van der Waals surface area contributed by atoms with E-state index in [0.29, 0.717) is 83.8 Å². The molecule has 0 unspecified atom stereocenters. The molecule has 8 aliphatic carbocycles. The summed E-state index contributed by atoms with van der Waals surface area (Å²) in [6.07, 6.45) is 14.5. The lowest BCUT2D eigenvalue weighted by Crippen LogP contribution is -2.48. The van der Waals surface area contributed by atoms with Crippen LogP contribution in [-0.2, 0) is 29.6 Å². The first-order valence-corrected chi connectivity index (χ1v) is 27.3. The third kappa shape index (κ3) is 9.82. The summed E-state index contributed by atoms with van der Waals surface area (Å²) in [5.41, 5.74) is 1.24. The molecule has 0 N–H and O–H groups in total. The molecule has 8 fully saturated rings. The number of Topliss-reactive ketones (excluding diaryl/α,β-unsaturated/α-hetero) is 2. The van der Waals surface area contributed by atoms with Crippen LogP contribution in [0.5, 0.6) is 11.5 Å². The van der Waals surface area contributed by atoms with Crippen LogP contribution in [-0.4, -0.2) is 55.7 Å². The predicted molar refractivity (Wildman–Crippen MR) is 257 cm³/mol. The predicted octanol–water partition coefficient (Wildman–Crippen LogP) is 10.6. The number of carbonyl (C=O) groups excluding carboxylic acids is 2. The summed E-state index contributed by atoms with van der Waals surface area (Å²) in [7, 11) is -4.39. The van der Waals surface area contributed by atoms with Crippen molar-refractivity contribution in [3.63, 3.8) is 0 Å². The maximum absolute atomic E-state index is 13.5. The molecule has 66 heavy (non-hydrogen) atoms. The van der Waals surface area contributed by atoms with Crippen molar-refractivity contribution in [2.45, 2.75) is 99.7 Å². The molecule has 0 saturated heterocycles. The van der Waals surface area contributed by atoms with Gasteiger partial charge in [-0.15, -0.1) is 0 Å². The van der Waals surface area contributed by atoms with Crippen molar-refractivity contribution in [1.29, 1.82) is 0 Å². The van der Waals surface area contributed by atoms with Crippen LogP contribution in [0.25, 0.3) is 0 Å². The average molecular weight is 935 g/mol. The van der Waals surface area contributed by atoms with Crippen LogP contribution >= 0.6 is 0 Å². The van der Waals surface area contributed by atoms with E-state index in [1.54, 1.807) is 87.0 Å². The second-order valence-corrected chi connectivity index (χ2v) is 24.0. The molecule has 352 valence electrons. The van der Waals surface area contributed by atoms with Gasteiger partial charge in [-0.3, -0.25) is 18.2 Å². The Labute approximate surface area is 392 Å². The smallest absolute Gasteiger partial charge is 0.264 e. The highest BCUT2D eigenvalue weighted by molar-refractivity contribution is 7.93. The van der Waals surface area contributed by atoms with Gasteiger partial charge in [-0.05, 0) is 197 Å². The molecule has 8 aliphatic rings. The number of carbonyl (C=O) groups is 2. The molecule has 0 aliphatic heterocycles. The molecular weight excluding hydrogens is 869 g/mol. The first kappa shape index (κ1) is 46.4. The monoisotopic (exact) mass is 934 g/mol. The zero-order valence-electron chi connectivity index (χ0n) is 38.5. The molecule has 12 heteroatoms. The van der Waals surface area contributed by atoms with Gasteiger partial charge >= 0.3 is 0 Å². The van der Waals surface area contributed by atoms with Crippen molar-refractivity contribution in [3.8, 4) is 11.5 Å². The van der Waals surface area contributed by atoms with Gasteiger partial charge in [-0.2, -0.15) is 0 Å². The first-order chi connectivity index (χ1) is 31.9. The summed E-state index contributed by atoms with van der Waals surface area (Å²) in [6, 6.07) is 31.3. The third-order valence-corrected chi connectivity index (χ3v) is 19.8. The molecule has 0 atom stereocenters. The Kier molecular flexibility index (Phi) is 14.0. The van der Waals surface area contributed by atoms with Crippen molar-refractivity contribution >= 4 is 43.0 Å². The Bertz CT molecular complexity index is 2280. The zero-order valence-corrected chi connectivity index (χ0v) is 40.1. The van der Waals surface area contributed by atoms with E-state index in [1.807, 2.05) is 36.4 Å². The minimum absolute atomic E-state index is 0.209. The number of hydrogen-bond acceptors (Lipinski definition) is 8. The van der Waals surface area contributed by atoms with Crippen molar-refractivity contribution in [3.05, 3.63) is 109 Å². The summed E-state index contributed by atoms with van der Waals surface area (Å²) in [6.45, 7) is 0.578. The summed E-state index contributed by atoms with van der Waals surface area (Å²) >= 11 is 0. The van der Waals surface area contributed by atoms with Crippen LogP contribution in [0.3, 0.4) is 0 Å². The lowest BCUT2D eigenvalue weighted by atomic mass is 9.51. The number of para-hydroxylation sites is 2. The topological polar surface area (TPSA) is 127 Å². The van der Waals surface area contributed by atoms with E-state index in [9.17, 15) is 26.4 Å². The van der Waals surface area contributed by atoms with Crippen LogP contribution in [0.15, 0.2) is 119 Å². The van der Waals surface area contributed by atoms with E-state index >= 15 is 0 Å². The summed E-state index contributed by atoms with van der Waals surface area (Å²) in [4.78, 5) is 27.0. The highest BCUT2D eigenvalue weighted by Crippen LogP contribution is 2.58. The highest BCUT2D eigenvalue weighted by atomic mass is 32.2. The van der Waals surface area contributed by atoms with Crippen molar-refractivity contribution in [2.24, 2.45) is 59.2 Å². The molecule has 10 nitrogen and oxygen atoms in total. The average Bonchev–Trinajstić information content (AvgIpc) is 3.31. The number of ether oxygens (including phenoxy) is 2. The minimum Gasteiger partial charge on any atom is -0.497 e. The molecule has 12 rings (SSSR count). The first-order valence-electron chi connectivity index (χ1n) is 24.4. The molecule has 0 radical (unpaired) electrons. The number of nitrogens with zero attached hydrogens (tertiary/aromatic N) is 2. The normalized spacial score (nSPS) is 28.0. The van der Waals surface area contributed by atoms with E-state index in [-0.39, 0.29) is 34.7 Å². The molecule has 8 bridgehead atoms. The maximum atomic E-state index is 13.5. The van der Waals surface area contributed by atoms with Crippen LogP contribution < -0.4 is 18.1 Å². The fourth-order valence-corrected chi connectivity index (χ4v) is 16.7. The van der Waals surface area contributed by atoms with Gasteiger partial charge in [0.15, 0.2) is 0 Å². The standard InChI is InChI=1S/2C27H33NO4S/c2*1-32-24-9-11-25(12-10-24)33(30,31)28(23-6-3-2-4-7-23)13-5-8-26(29)27-21-15-19-14-20(17-21)18-22(27)16-19/h2*2-4,6-7,9-12,19-22,27H,5,8,13-18H2,1H3. The number of hydrogen-bond donors (Lipinski definition) is 0. The number of sulfonamides is 2. The fourth-order valence-electron chi connectivity index (χ4n) is 13.7. The molecular formula is C54H66N2O8S2. The second kappa shape index (κ2) is 19.9. The van der Waals surface area contributed by atoms with E-state index in [1.165, 1.54) is 72.8 Å². The Morgan fingerprint density at radius 2 is 0.758 bits per heavy atom. The van der Waals surface area contributed by atoms with Gasteiger partial charge in [0.25, 0.3) is 20.0 Å². The van der Waals surface area contributed by atoms with Gasteiger partial charge in [0.2, 0.25) is 0 Å². The summed E-state index contributed by atoms with van der Waals surface area (Å²) in [5.74, 6) is 8.04. The zero-order chi connectivity index (χ0) is 46.0. The van der Waals surface area contributed by atoms with Crippen molar-refractivity contribution < 1.29 is 35.9 Å². The number of methoxy groups -OCH3 is 2. The Hall–Kier alpha value is -4.68. The number of benzene rings is 4. The van der Waals surface area contributed by atoms with Gasteiger partial charge in [0.1, 0.15) is 23.1 Å². The van der Waals surface area contributed by atoms with Gasteiger partial charge in [-0.1, -0.05) is 36.4 Å². The molecule has 0 aromatic heterocycles. The van der Waals surface area contributed by atoms with E-state index in [0.717, 1.165) is 23.7 Å². The van der Waals surface area contributed by atoms with Crippen LogP contribution in [0.1, 0.15) is 89.9 Å².